The fourth-order valence-corrected chi connectivity index (χ4v) is 6.54. The van der Waals surface area contributed by atoms with Crippen molar-refractivity contribution in [2.24, 2.45) is 22.4 Å². The zero-order chi connectivity index (χ0) is 32.8. The van der Waals surface area contributed by atoms with Gasteiger partial charge in [-0.25, -0.2) is 18.1 Å². The van der Waals surface area contributed by atoms with Crippen LogP contribution in [0, 0.1) is 5.92 Å². The molecule has 3 aromatic rings. The molecule has 3 rings (SSSR count). The van der Waals surface area contributed by atoms with Gasteiger partial charge in [0, 0.05) is 18.1 Å². The van der Waals surface area contributed by atoms with Crippen LogP contribution >= 0.6 is 11.3 Å². The van der Waals surface area contributed by atoms with Crippen molar-refractivity contribution < 1.29 is 22.8 Å². The molecule has 2 aromatic carbocycles. The number of nitrogens with zero attached hydrogens (tertiary/aromatic N) is 2. The van der Waals surface area contributed by atoms with E-state index in [1.54, 1.807) is 66.9 Å². The van der Waals surface area contributed by atoms with Crippen LogP contribution < -0.4 is 26.8 Å². The van der Waals surface area contributed by atoms with Crippen LogP contribution in [-0.4, -0.2) is 61.6 Å². The number of guanidine groups is 1. The number of aliphatic imine (C=N–C) groups is 1. The van der Waals surface area contributed by atoms with Crippen LogP contribution in [0.3, 0.4) is 0 Å². The fourth-order valence-electron chi connectivity index (χ4n) is 4.57. The largest absolute Gasteiger partial charge is 0.370 e. The molecule has 2 amide bonds. The number of Topliss-reactive ketones (excluding diaryl/α,β-unsaturated/α-hetero) is 1. The Bertz CT molecular complexity index is 1510. The van der Waals surface area contributed by atoms with Crippen molar-refractivity contribution in [1.29, 1.82) is 0 Å². The summed E-state index contributed by atoms with van der Waals surface area (Å²) in [5.74, 6) is -2.34. The minimum atomic E-state index is -3.95. The Balaban J connectivity index is 1.82. The van der Waals surface area contributed by atoms with E-state index in [-0.39, 0.29) is 47.8 Å². The first-order valence-electron chi connectivity index (χ1n) is 14.7. The summed E-state index contributed by atoms with van der Waals surface area (Å²) in [7, 11) is -3.95. The van der Waals surface area contributed by atoms with E-state index in [0.29, 0.717) is 18.4 Å². The lowest BCUT2D eigenvalue weighted by atomic mass is 9.96. The first-order chi connectivity index (χ1) is 21.5. The third kappa shape index (κ3) is 11.7. The zero-order valence-corrected chi connectivity index (χ0v) is 27.0. The van der Waals surface area contributed by atoms with Gasteiger partial charge in [0.15, 0.2) is 11.0 Å². The van der Waals surface area contributed by atoms with Gasteiger partial charge in [-0.3, -0.25) is 19.4 Å². The molecule has 1 aromatic heterocycles. The minimum Gasteiger partial charge on any atom is -0.370 e. The Hall–Kier alpha value is -4.14. The van der Waals surface area contributed by atoms with Gasteiger partial charge in [-0.2, -0.15) is 0 Å². The lowest BCUT2D eigenvalue weighted by Crippen LogP contribution is -2.58. The van der Waals surface area contributed by atoms with Gasteiger partial charge in [-0.15, -0.1) is 11.3 Å². The molecule has 14 heteroatoms. The van der Waals surface area contributed by atoms with Gasteiger partial charge >= 0.3 is 0 Å². The predicted octanol–water partition coefficient (Wildman–Crippen LogP) is 2.13. The number of ketones is 1. The van der Waals surface area contributed by atoms with E-state index < -0.39 is 40.0 Å². The molecule has 242 valence electrons. The number of amides is 2. The minimum absolute atomic E-state index is 0.0610. The van der Waals surface area contributed by atoms with Crippen molar-refractivity contribution in [3.8, 4) is 0 Å². The SMILES string of the molecule is CCC(C)[C@H](NC(=O)[C@@H](Cc1ccccc1)NS(=O)(=O)Cc1ccccc1)C(=O)N[C@@H](CCCN=C(N)N)C(=O)c1nccs1. The zero-order valence-electron chi connectivity index (χ0n) is 25.4. The average Bonchev–Trinajstić information content (AvgIpc) is 3.56. The molecule has 0 saturated heterocycles. The van der Waals surface area contributed by atoms with Gasteiger partial charge in [0.25, 0.3) is 0 Å². The molecule has 12 nitrogen and oxygen atoms in total. The highest BCUT2D eigenvalue weighted by molar-refractivity contribution is 7.88. The monoisotopic (exact) mass is 655 g/mol. The molecular formula is C31H41N7O5S2. The summed E-state index contributed by atoms with van der Waals surface area (Å²) < 4.78 is 28.9. The number of thiazole rings is 1. The molecule has 0 spiro atoms. The van der Waals surface area contributed by atoms with Crippen molar-refractivity contribution in [1.82, 2.24) is 20.3 Å². The lowest BCUT2D eigenvalue weighted by Gasteiger charge is -2.28. The number of benzene rings is 2. The number of nitrogens with two attached hydrogens (primary N) is 2. The third-order valence-electron chi connectivity index (χ3n) is 7.14. The van der Waals surface area contributed by atoms with E-state index in [2.05, 4.69) is 25.3 Å². The van der Waals surface area contributed by atoms with Crippen LogP contribution in [0.25, 0.3) is 0 Å². The topological polar surface area (TPSA) is 199 Å². The molecule has 45 heavy (non-hydrogen) atoms. The summed E-state index contributed by atoms with van der Waals surface area (Å²) in [6.07, 6.45) is 2.73. The first kappa shape index (κ1) is 35.3. The molecule has 0 radical (unpaired) electrons. The third-order valence-corrected chi connectivity index (χ3v) is 9.28. The van der Waals surface area contributed by atoms with Gasteiger partial charge in [-0.1, -0.05) is 80.9 Å². The van der Waals surface area contributed by atoms with Crippen LogP contribution in [0.4, 0.5) is 0 Å². The van der Waals surface area contributed by atoms with Crippen molar-refractivity contribution in [2.75, 3.05) is 6.54 Å². The maximum absolute atomic E-state index is 13.8. The number of hydrogen-bond donors (Lipinski definition) is 5. The van der Waals surface area contributed by atoms with Crippen molar-refractivity contribution in [3.63, 3.8) is 0 Å². The quantitative estimate of drug-likeness (QED) is 0.0594. The summed E-state index contributed by atoms with van der Waals surface area (Å²) in [5, 5.41) is 7.48. The smallest absolute Gasteiger partial charge is 0.243 e. The van der Waals surface area contributed by atoms with E-state index in [1.165, 1.54) is 6.20 Å². The second kappa shape index (κ2) is 17.4. The highest BCUT2D eigenvalue weighted by Crippen LogP contribution is 2.15. The second-order valence-electron chi connectivity index (χ2n) is 10.7. The average molecular weight is 656 g/mol. The molecule has 1 unspecified atom stereocenters. The fraction of sp³-hybridized carbons (Fsp3) is 0.387. The van der Waals surface area contributed by atoms with Gasteiger partial charge in [0.1, 0.15) is 12.1 Å². The number of sulfonamides is 1. The number of carbonyl (C=O) groups excluding carboxylic acids is 3. The second-order valence-corrected chi connectivity index (χ2v) is 13.3. The van der Waals surface area contributed by atoms with Crippen molar-refractivity contribution in [2.45, 2.75) is 63.4 Å². The van der Waals surface area contributed by atoms with Gasteiger partial charge < -0.3 is 22.1 Å². The van der Waals surface area contributed by atoms with Crippen LogP contribution in [0.2, 0.25) is 0 Å². The molecule has 0 aliphatic heterocycles. The van der Waals surface area contributed by atoms with Crippen molar-refractivity contribution >= 4 is 44.9 Å². The number of hydrogen-bond acceptors (Lipinski definition) is 8. The summed E-state index contributed by atoms with van der Waals surface area (Å²) >= 11 is 1.16. The van der Waals surface area contributed by atoms with Gasteiger partial charge in [0.05, 0.1) is 11.8 Å². The summed E-state index contributed by atoms with van der Waals surface area (Å²) in [6, 6.07) is 14.5. The summed E-state index contributed by atoms with van der Waals surface area (Å²) in [4.78, 5) is 48.8. The maximum Gasteiger partial charge on any atom is 0.243 e. The molecular weight excluding hydrogens is 615 g/mol. The Kier molecular flexibility index (Phi) is 13.6. The standard InChI is InChI=1S/C31H41N7O5S2/c1-3-21(2)26(29(41)36-24(15-10-16-35-31(32)33)27(39)30-34-17-18-44-30)37-28(40)25(19-22-11-6-4-7-12-22)38-45(42,43)20-23-13-8-5-9-14-23/h4-9,11-14,17-18,21,24-26,38H,3,10,15-16,19-20H2,1-2H3,(H,36,41)(H,37,40)(H4,32,33,35)/t21?,24-,25+,26-/m0/s1. The van der Waals surface area contributed by atoms with E-state index in [9.17, 15) is 22.8 Å². The highest BCUT2D eigenvalue weighted by atomic mass is 32.2. The van der Waals surface area contributed by atoms with Crippen LogP contribution in [-0.2, 0) is 31.8 Å². The predicted molar refractivity (Wildman–Crippen MR) is 176 cm³/mol. The summed E-state index contributed by atoms with van der Waals surface area (Å²) in [6.45, 7) is 3.93. The molecule has 4 atom stereocenters. The lowest BCUT2D eigenvalue weighted by molar-refractivity contribution is -0.131. The molecule has 7 N–H and O–H groups in total. The number of carbonyl (C=O) groups is 3. The van der Waals surface area contributed by atoms with Crippen LogP contribution in [0.15, 0.2) is 77.2 Å². The van der Waals surface area contributed by atoms with Crippen LogP contribution in [0.1, 0.15) is 54.0 Å². The number of rotatable bonds is 18. The number of nitrogens with one attached hydrogen (secondary N) is 3. The summed E-state index contributed by atoms with van der Waals surface area (Å²) in [5.41, 5.74) is 12.1. The number of aromatic nitrogens is 1. The van der Waals surface area contributed by atoms with E-state index in [4.69, 9.17) is 11.5 Å². The molecule has 0 aliphatic carbocycles. The Morgan fingerprint density at radius 3 is 2.16 bits per heavy atom. The van der Waals surface area contributed by atoms with Gasteiger partial charge in [0.2, 0.25) is 27.6 Å². The molecule has 1 heterocycles. The molecule has 0 aliphatic rings. The Morgan fingerprint density at radius 2 is 1.58 bits per heavy atom. The molecule has 0 bridgehead atoms. The van der Waals surface area contributed by atoms with E-state index >= 15 is 0 Å². The van der Waals surface area contributed by atoms with Crippen molar-refractivity contribution in [3.05, 3.63) is 88.4 Å². The maximum atomic E-state index is 13.8. The highest BCUT2D eigenvalue weighted by Gasteiger charge is 2.33. The van der Waals surface area contributed by atoms with Gasteiger partial charge in [-0.05, 0) is 36.3 Å². The van der Waals surface area contributed by atoms with E-state index in [1.807, 2.05) is 13.0 Å². The normalized spacial score (nSPS) is 14.0. The van der Waals surface area contributed by atoms with E-state index in [0.717, 1.165) is 16.9 Å². The first-order valence-corrected chi connectivity index (χ1v) is 17.2. The Morgan fingerprint density at radius 1 is 0.933 bits per heavy atom. The van der Waals surface area contributed by atoms with Crippen LogP contribution in [0.5, 0.6) is 0 Å². The molecule has 0 fully saturated rings. The Labute approximate surface area is 268 Å². The molecule has 0 saturated carbocycles.